The molecule has 0 radical (unpaired) electrons. The van der Waals surface area contributed by atoms with Gasteiger partial charge in [0.2, 0.25) is 0 Å². The van der Waals surface area contributed by atoms with E-state index in [4.69, 9.17) is 4.42 Å². The first-order valence-corrected chi connectivity index (χ1v) is 8.21. The Hall–Kier alpha value is -0.450. The highest BCUT2D eigenvalue weighted by molar-refractivity contribution is 8.00. The molecule has 108 valence electrons. The SMILES string of the molecule is CCCNCc1ccoc1CN1CCSC(C)(C)C1. The summed E-state index contributed by atoms with van der Waals surface area (Å²) in [6.07, 6.45) is 2.99. The Morgan fingerprint density at radius 3 is 3.05 bits per heavy atom. The molecule has 1 N–H and O–H groups in total. The molecule has 1 aliphatic rings. The fraction of sp³-hybridized carbons (Fsp3) is 0.733. The van der Waals surface area contributed by atoms with Crippen LogP contribution in [0.3, 0.4) is 0 Å². The molecule has 4 heteroatoms. The van der Waals surface area contributed by atoms with Gasteiger partial charge in [-0.05, 0) is 32.9 Å². The Kier molecular flexibility index (Phi) is 5.37. The summed E-state index contributed by atoms with van der Waals surface area (Å²) in [7, 11) is 0. The minimum absolute atomic E-state index is 0.367. The van der Waals surface area contributed by atoms with Gasteiger partial charge in [0.25, 0.3) is 0 Å². The molecule has 0 spiro atoms. The van der Waals surface area contributed by atoms with Crippen molar-refractivity contribution in [3.05, 3.63) is 23.7 Å². The second kappa shape index (κ2) is 6.82. The van der Waals surface area contributed by atoms with Crippen LogP contribution in [0.5, 0.6) is 0 Å². The molecule has 3 nitrogen and oxygen atoms in total. The normalized spacial score (nSPS) is 19.7. The summed E-state index contributed by atoms with van der Waals surface area (Å²) in [6.45, 7) is 12.1. The number of nitrogens with one attached hydrogen (secondary N) is 1. The van der Waals surface area contributed by atoms with Crippen LogP contribution in [0.15, 0.2) is 16.7 Å². The van der Waals surface area contributed by atoms with Gasteiger partial charge in [0.15, 0.2) is 0 Å². The van der Waals surface area contributed by atoms with Crippen molar-refractivity contribution in [1.29, 1.82) is 0 Å². The lowest BCUT2D eigenvalue weighted by Gasteiger charge is -2.37. The molecule has 1 fully saturated rings. The van der Waals surface area contributed by atoms with Crippen molar-refractivity contribution in [2.45, 2.75) is 45.0 Å². The topological polar surface area (TPSA) is 28.4 Å². The molecular formula is C15H26N2OS. The third-order valence-electron chi connectivity index (χ3n) is 3.45. The summed E-state index contributed by atoms with van der Waals surface area (Å²) in [4.78, 5) is 2.51. The van der Waals surface area contributed by atoms with Crippen molar-refractivity contribution < 1.29 is 4.42 Å². The lowest BCUT2D eigenvalue weighted by Crippen LogP contribution is -2.42. The zero-order valence-corrected chi connectivity index (χ0v) is 13.2. The second-order valence-electron chi connectivity index (χ2n) is 5.86. The van der Waals surface area contributed by atoms with E-state index in [9.17, 15) is 0 Å². The van der Waals surface area contributed by atoms with Crippen LogP contribution in [0, 0.1) is 0 Å². The molecule has 0 atom stereocenters. The van der Waals surface area contributed by atoms with Crippen molar-refractivity contribution in [1.82, 2.24) is 10.2 Å². The Bertz CT molecular complexity index is 389. The zero-order valence-electron chi connectivity index (χ0n) is 12.4. The summed E-state index contributed by atoms with van der Waals surface area (Å²) in [5, 5.41) is 3.45. The lowest BCUT2D eigenvalue weighted by atomic mass is 10.1. The minimum Gasteiger partial charge on any atom is -0.468 e. The largest absolute Gasteiger partial charge is 0.468 e. The van der Waals surface area contributed by atoms with Gasteiger partial charge in [0.1, 0.15) is 5.76 Å². The molecule has 0 bridgehead atoms. The molecule has 0 aromatic carbocycles. The molecule has 2 heterocycles. The molecule has 1 saturated heterocycles. The van der Waals surface area contributed by atoms with Crippen molar-refractivity contribution in [3.63, 3.8) is 0 Å². The standard InChI is InChI=1S/C15H26N2OS/c1-4-6-16-10-13-5-8-18-14(13)11-17-7-9-19-15(2,3)12-17/h5,8,16H,4,6-7,9-12H2,1-3H3. The molecule has 1 aromatic rings. The average Bonchev–Trinajstić information content (AvgIpc) is 2.76. The highest BCUT2D eigenvalue weighted by Crippen LogP contribution is 2.30. The molecule has 2 rings (SSSR count). The van der Waals surface area contributed by atoms with Gasteiger partial charge in [-0.3, -0.25) is 4.90 Å². The Labute approximate surface area is 121 Å². The van der Waals surface area contributed by atoms with Gasteiger partial charge in [-0.1, -0.05) is 6.92 Å². The predicted octanol–water partition coefficient (Wildman–Crippen LogP) is 3.11. The van der Waals surface area contributed by atoms with E-state index in [2.05, 4.69) is 48.8 Å². The van der Waals surface area contributed by atoms with Gasteiger partial charge in [-0.25, -0.2) is 0 Å². The van der Waals surface area contributed by atoms with Gasteiger partial charge in [0.05, 0.1) is 12.8 Å². The Morgan fingerprint density at radius 2 is 2.32 bits per heavy atom. The van der Waals surface area contributed by atoms with Gasteiger partial charge >= 0.3 is 0 Å². The van der Waals surface area contributed by atoms with E-state index >= 15 is 0 Å². The number of hydrogen-bond donors (Lipinski definition) is 1. The summed E-state index contributed by atoms with van der Waals surface area (Å²) in [5.74, 6) is 2.35. The first-order chi connectivity index (χ1) is 9.11. The highest BCUT2D eigenvalue weighted by Gasteiger charge is 2.27. The van der Waals surface area contributed by atoms with Crippen molar-refractivity contribution in [3.8, 4) is 0 Å². The Balaban J connectivity index is 1.90. The quantitative estimate of drug-likeness (QED) is 0.812. The third-order valence-corrected chi connectivity index (χ3v) is 4.75. The Morgan fingerprint density at radius 1 is 1.47 bits per heavy atom. The zero-order chi connectivity index (χ0) is 13.7. The van der Waals surface area contributed by atoms with Crippen LogP contribution in [-0.4, -0.2) is 35.0 Å². The first kappa shape index (κ1) is 14.9. The monoisotopic (exact) mass is 282 g/mol. The van der Waals surface area contributed by atoms with Crippen LogP contribution >= 0.6 is 11.8 Å². The van der Waals surface area contributed by atoms with E-state index in [1.807, 2.05) is 6.26 Å². The maximum atomic E-state index is 5.68. The van der Waals surface area contributed by atoms with Crippen LogP contribution in [0.2, 0.25) is 0 Å². The van der Waals surface area contributed by atoms with Gasteiger partial charge in [-0.15, -0.1) is 0 Å². The van der Waals surface area contributed by atoms with Gasteiger partial charge < -0.3 is 9.73 Å². The molecule has 0 amide bonds. The summed E-state index contributed by atoms with van der Waals surface area (Å²) in [6, 6.07) is 2.10. The number of furan rings is 1. The lowest BCUT2D eigenvalue weighted by molar-refractivity contribution is 0.231. The number of hydrogen-bond acceptors (Lipinski definition) is 4. The van der Waals surface area contributed by atoms with E-state index < -0.39 is 0 Å². The maximum absolute atomic E-state index is 5.68. The molecule has 0 unspecified atom stereocenters. The smallest absolute Gasteiger partial charge is 0.122 e. The number of rotatable bonds is 6. The van der Waals surface area contributed by atoms with Gasteiger partial charge in [0, 0.05) is 35.7 Å². The molecule has 1 aromatic heterocycles. The van der Waals surface area contributed by atoms with E-state index in [0.717, 1.165) is 38.5 Å². The number of nitrogens with zero attached hydrogens (tertiary/aromatic N) is 1. The fourth-order valence-electron chi connectivity index (χ4n) is 2.52. The van der Waals surface area contributed by atoms with E-state index in [1.165, 1.54) is 17.7 Å². The van der Waals surface area contributed by atoms with E-state index in [0.29, 0.717) is 4.75 Å². The van der Waals surface area contributed by atoms with Crippen molar-refractivity contribution >= 4 is 11.8 Å². The van der Waals surface area contributed by atoms with Crippen LogP contribution in [-0.2, 0) is 13.1 Å². The van der Waals surface area contributed by atoms with Crippen LogP contribution in [0.1, 0.15) is 38.5 Å². The van der Waals surface area contributed by atoms with Crippen LogP contribution < -0.4 is 5.32 Å². The minimum atomic E-state index is 0.367. The predicted molar refractivity (Wildman–Crippen MR) is 82.5 cm³/mol. The molecule has 1 aliphatic heterocycles. The fourth-order valence-corrected chi connectivity index (χ4v) is 3.69. The second-order valence-corrected chi connectivity index (χ2v) is 7.67. The highest BCUT2D eigenvalue weighted by atomic mass is 32.2. The van der Waals surface area contributed by atoms with Crippen LogP contribution in [0.4, 0.5) is 0 Å². The van der Waals surface area contributed by atoms with Crippen molar-refractivity contribution in [2.24, 2.45) is 0 Å². The summed E-state index contributed by atoms with van der Waals surface area (Å²) in [5.41, 5.74) is 1.31. The van der Waals surface area contributed by atoms with E-state index in [1.54, 1.807) is 0 Å². The summed E-state index contributed by atoms with van der Waals surface area (Å²) < 4.78 is 6.04. The third kappa shape index (κ3) is 4.55. The molecule has 19 heavy (non-hydrogen) atoms. The van der Waals surface area contributed by atoms with Crippen LogP contribution in [0.25, 0.3) is 0 Å². The molecular weight excluding hydrogens is 256 g/mol. The van der Waals surface area contributed by atoms with Crippen molar-refractivity contribution in [2.75, 3.05) is 25.4 Å². The maximum Gasteiger partial charge on any atom is 0.122 e. The number of thioether (sulfide) groups is 1. The average molecular weight is 282 g/mol. The summed E-state index contributed by atoms with van der Waals surface area (Å²) >= 11 is 2.07. The molecule has 0 saturated carbocycles. The first-order valence-electron chi connectivity index (χ1n) is 7.23. The molecule has 0 aliphatic carbocycles. The van der Waals surface area contributed by atoms with E-state index in [-0.39, 0.29) is 0 Å². The van der Waals surface area contributed by atoms with Gasteiger partial charge in [-0.2, -0.15) is 11.8 Å².